The fourth-order valence-electron chi connectivity index (χ4n) is 4.40. The Morgan fingerprint density at radius 1 is 1.29 bits per heavy atom. The first kappa shape index (κ1) is 24.2. The Hall–Kier alpha value is -2.90. The van der Waals surface area contributed by atoms with Crippen LogP contribution in [0.1, 0.15) is 45.2 Å². The summed E-state index contributed by atoms with van der Waals surface area (Å²) in [6.45, 7) is 7.09. The van der Waals surface area contributed by atoms with Gasteiger partial charge in [-0.1, -0.05) is 29.8 Å². The van der Waals surface area contributed by atoms with Crippen LogP contribution in [0.25, 0.3) is 10.8 Å². The fraction of sp³-hybridized carbons (Fsp3) is 0.385. The number of pyridine rings is 1. The average Bonchev–Trinajstić information content (AvgIpc) is 2.81. The van der Waals surface area contributed by atoms with Crippen molar-refractivity contribution in [3.63, 3.8) is 0 Å². The van der Waals surface area contributed by atoms with E-state index in [0.717, 1.165) is 23.8 Å². The Balaban J connectivity index is 1.65. The lowest BCUT2D eigenvalue weighted by Gasteiger charge is -2.39. The number of carbonyl (C=O) groups excluding carboxylic acids is 1. The number of anilines is 1. The molecular formula is C26H29ClFN3O3. The van der Waals surface area contributed by atoms with Crippen molar-refractivity contribution < 1.29 is 13.9 Å². The quantitative estimate of drug-likeness (QED) is 0.457. The number of nitrogens with zero attached hydrogens (tertiary/aromatic N) is 1. The normalized spacial score (nSPS) is 18.4. The smallest absolute Gasteiger partial charge is 0.322 e. The number of H-pyrrole nitrogens is 1. The van der Waals surface area contributed by atoms with E-state index in [1.807, 2.05) is 25.1 Å². The molecule has 34 heavy (non-hydrogen) atoms. The van der Waals surface area contributed by atoms with Gasteiger partial charge in [-0.15, -0.1) is 0 Å². The van der Waals surface area contributed by atoms with Gasteiger partial charge >= 0.3 is 6.03 Å². The van der Waals surface area contributed by atoms with Crippen molar-refractivity contribution in [3.05, 3.63) is 75.4 Å². The Bertz CT molecular complexity index is 1250. The summed E-state index contributed by atoms with van der Waals surface area (Å²) in [5.41, 5.74) is 0.891. The predicted octanol–water partition coefficient (Wildman–Crippen LogP) is 6.12. The van der Waals surface area contributed by atoms with E-state index in [1.165, 1.54) is 18.2 Å². The van der Waals surface area contributed by atoms with E-state index in [2.05, 4.69) is 24.1 Å². The lowest BCUT2D eigenvalue weighted by atomic mass is 9.90. The minimum Gasteiger partial charge on any atom is -0.375 e. The van der Waals surface area contributed by atoms with Crippen LogP contribution >= 0.6 is 11.6 Å². The van der Waals surface area contributed by atoms with E-state index in [-0.39, 0.29) is 34.2 Å². The topological polar surface area (TPSA) is 74.4 Å². The molecule has 1 fully saturated rings. The third kappa shape index (κ3) is 5.26. The summed E-state index contributed by atoms with van der Waals surface area (Å²) < 4.78 is 19.6. The van der Waals surface area contributed by atoms with Gasteiger partial charge in [0.25, 0.3) is 5.56 Å². The summed E-state index contributed by atoms with van der Waals surface area (Å²) in [5, 5.41) is 4.15. The first-order valence-electron chi connectivity index (χ1n) is 11.4. The number of urea groups is 1. The molecule has 2 aromatic carbocycles. The number of rotatable bonds is 5. The van der Waals surface area contributed by atoms with Crippen molar-refractivity contribution in [3.8, 4) is 0 Å². The van der Waals surface area contributed by atoms with Crippen LogP contribution in [0.3, 0.4) is 0 Å². The molecule has 180 valence electrons. The van der Waals surface area contributed by atoms with Crippen LogP contribution in [0, 0.1) is 11.7 Å². The zero-order valence-corrected chi connectivity index (χ0v) is 20.3. The molecule has 2 heterocycles. The van der Waals surface area contributed by atoms with Gasteiger partial charge in [0.1, 0.15) is 5.82 Å². The lowest BCUT2D eigenvalue weighted by Crippen LogP contribution is -2.44. The Labute approximate surface area is 203 Å². The molecule has 0 bridgehead atoms. The van der Waals surface area contributed by atoms with Gasteiger partial charge in [0.15, 0.2) is 0 Å². The molecule has 2 amide bonds. The van der Waals surface area contributed by atoms with Gasteiger partial charge in [0, 0.05) is 29.7 Å². The maximum Gasteiger partial charge on any atom is 0.322 e. The zero-order chi connectivity index (χ0) is 24.5. The summed E-state index contributed by atoms with van der Waals surface area (Å²) in [7, 11) is 0. The van der Waals surface area contributed by atoms with E-state index in [1.54, 1.807) is 17.2 Å². The molecule has 0 spiro atoms. The Morgan fingerprint density at radius 2 is 2.03 bits per heavy atom. The molecule has 0 saturated carbocycles. The second-order valence-corrected chi connectivity index (χ2v) is 9.89. The van der Waals surface area contributed by atoms with Gasteiger partial charge in [-0.05, 0) is 68.8 Å². The third-order valence-electron chi connectivity index (χ3n) is 6.51. The minimum absolute atomic E-state index is 0.0630. The number of ether oxygens (including phenoxy) is 1. The molecule has 0 unspecified atom stereocenters. The van der Waals surface area contributed by atoms with Gasteiger partial charge < -0.3 is 19.9 Å². The van der Waals surface area contributed by atoms with Crippen LogP contribution in [-0.4, -0.2) is 34.7 Å². The van der Waals surface area contributed by atoms with E-state index in [4.69, 9.17) is 16.3 Å². The number of benzene rings is 2. The number of fused-ring (bicyclic) bond motifs is 1. The molecule has 1 aliphatic rings. The number of hydrogen-bond donors (Lipinski definition) is 2. The predicted molar refractivity (Wildman–Crippen MR) is 133 cm³/mol. The number of amides is 2. The summed E-state index contributed by atoms with van der Waals surface area (Å²) in [6, 6.07) is 10.7. The van der Waals surface area contributed by atoms with Crippen LogP contribution in [0.5, 0.6) is 0 Å². The van der Waals surface area contributed by atoms with Crippen LogP contribution in [0.4, 0.5) is 14.9 Å². The number of aromatic nitrogens is 1. The van der Waals surface area contributed by atoms with Gasteiger partial charge in [-0.2, -0.15) is 0 Å². The maximum absolute atomic E-state index is 13.6. The second kappa shape index (κ2) is 9.76. The van der Waals surface area contributed by atoms with Crippen molar-refractivity contribution in [2.75, 3.05) is 18.5 Å². The highest BCUT2D eigenvalue weighted by molar-refractivity contribution is 6.31. The van der Waals surface area contributed by atoms with Crippen LogP contribution in [0.2, 0.25) is 5.02 Å². The molecule has 2 N–H and O–H groups in total. The largest absolute Gasteiger partial charge is 0.375 e. The molecule has 1 aromatic heterocycles. The van der Waals surface area contributed by atoms with Crippen LogP contribution in [0.15, 0.2) is 53.5 Å². The lowest BCUT2D eigenvalue weighted by molar-refractivity contribution is -0.0805. The fourth-order valence-corrected chi connectivity index (χ4v) is 4.58. The number of carbonyl (C=O) groups is 1. The summed E-state index contributed by atoms with van der Waals surface area (Å²) >= 11 is 5.91. The van der Waals surface area contributed by atoms with Crippen LogP contribution < -0.4 is 10.9 Å². The summed E-state index contributed by atoms with van der Waals surface area (Å²) in [5.74, 6) is -0.390. The number of aromatic amines is 1. The molecule has 8 heteroatoms. The number of halogens is 2. The Kier molecular flexibility index (Phi) is 6.96. The zero-order valence-electron chi connectivity index (χ0n) is 19.5. The first-order valence-corrected chi connectivity index (χ1v) is 11.8. The Morgan fingerprint density at radius 3 is 2.71 bits per heavy atom. The monoisotopic (exact) mass is 485 g/mol. The van der Waals surface area contributed by atoms with Crippen molar-refractivity contribution in [2.24, 2.45) is 5.92 Å². The van der Waals surface area contributed by atoms with Gasteiger partial charge in [0.2, 0.25) is 0 Å². The third-order valence-corrected chi connectivity index (χ3v) is 6.80. The highest BCUT2D eigenvalue weighted by Gasteiger charge is 2.32. The summed E-state index contributed by atoms with van der Waals surface area (Å²) in [6.07, 6.45) is 3.50. The van der Waals surface area contributed by atoms with Crippen molar-refractivity contribution in [1.82, 2.24) is 9.88 Å². The molecule has 0 aliphatic carbocycles. The van der Waals surface area contributed by atoms with Crippen LogP contribution in [-0.2, 0) is 4.74 Å². The molecule has 6 nitrogen and oxygen atoms in total. The molecule has 0 radical (unpaired) electrons. The van der Waals surface area contributed by atoms with Crippen molar-refractivity contribution >= 4 is 34.1 Å². The number of hydrogen-bond acceptors (Lipinski definition) is 3. The average molecular weight is 486 g/mol. The number of nitrogens with one attached hydrogen (secondary N) is 2. The maximum atomic E-state index is 13.6. The van der Waals surface area contributed by atoms with Gasteiger partial charge in [-0.25, -0.2) is 9.18 Å². The SMILES string of the molecule is C[C@H](c1c[nH]c(=O)c2ccccc12)N(C[C@H]1CCC(C)(C)OC1)C(=O)Nc1ccc(F)c(Cl)c1. The second-order valence-electron chi connectivity index (χ2n) is 9.48. The highest BCUT2D eigenvalue weighted by atomic mass is 35.5. The first-order chi connectivity index (χ1) is 16.1. The van der Waals surface area contributed by atoms with E-state index >= 15 is 0 Å². The van der Waals surface area contributed by atoms with Gasteiger partial charge in [0.05, 0.1) is 23.3 Å². The minimum atomic E-state index is -0.549. The van der Waals surface area contributed by atoms with E-state index < -0.39 is 5.82 Å². The van der Waals surface area contributed by atoms with E-state index in [9.17, 15) is 14.0 Å². The molecular weight excluding hydrogens is 457 g/mol. The molecule has 2 atom stereocenters. The standard InChI is InChI=1S/C26H29ClFN3O3/c1-16(21-13-29-24(32)20-7-5-4-6-19(20)21)31(14-17-10-11-26(2,3)34-15-17)25(33)30-18-8-9-23(28)22(27)12-18/h4-9,12-13,16-17H,10-11,14-15H2,1-3H3,(H,29,32)(H,30,33)/t16-,17-/m1/s1. The molecule has 1 aliphatic heterocycles. The highest BCUT2D eigenvalue weighted by Crippen LogP contribution is 2.32. The van der Waals surface area contributed by atoms with E-state index in [0.29, 0.717) is 24.2 Å². The molecule has 3 aromatic rings. The van der Waals surface area contributed by atoms with Crippen molar-refractivity contribution in [1.29, 1.82) is 0 Å². The molecule has 1 saturated heterocycles. The molecule has 4 rings (SSSR count). The summed E-state index contributed by atoms with van der Waals surface area (Å²) in [4.78, 5) is 30.4. The van der Waals surface area contributed by atoms with Gasteiger partial charge in [-0.3, -0.25) is 4.79 Å². The van der Waals surface area contributed by atoms with Crippen molar-refractivity contribution in [2.45, 2.75) is 45.3 Å².